The van der Waals surface area contributed by atoms with Gasteiger partial charge in [-0.25, -0.2) is 18.4 Å². The lowest BCUT2D eigenvalue weighted by Gasteiger charge is -1.89. The summed E-state index contributed by atoms with van der Waals surface area (Å²) in [5.74, 6) is 0. The van der Waals surface area contributed by atoms with E-state index in [0.717, 1.165) is 6.39 Å². The van der Waals surface area contributed by atoms with Crippen molar-refractivity contribution in [3.8, 4) is 0 Å². The maximum atomic E-state index is 12.2. The second-order valence-electron chi connectivity index (χ2n) is 2.32. The number of nitrogens with zero attached hydrogens (tertiary/aromatic N) is 3. The zero-order valence-corrected chi connectivity index (χ0v) is 6.16. The van der Waals surface area contributed by atoms with Crippen LogP contribution in [-0.2, 0) is 7.05 Å². The van der Waals surface area contributed by atoms with Crippen LogP contribution in [0.5, 0.6) is 0 Å². The molecule has 0 fully saturated rings. The highest BCUT2D eigenvalue weighted by atomic mass is 19.3. The van der Waals surface area contributed by atoms with Crippen LogP contribution < -0.4 is 0 Å². The van der Waals surface area contributed by atoms with Crippen LogP contribution in [-0.4, -0.2) is 14.8 Å². The van der Waals surface area contributed by atoms with Gasteiger partial charge < -0.3 is 4.42 Å². The Morgan fingerprint density at radius 2 is 2.33 bits per heavy atom. The van der Waals surface area contributed by atoms with Crippen molar-refractivity contribution in [1.29, 1.82) is 0 Å². The van der Waals surface area contributed by atoms with Crippen LogP contribution in [0.25, 0.3) is 11.2 Å². The van der Waals surface area contributed by atoms with E-state index in [9.17, 15) is 8.78 Å². The largest absolute Gasteiger partial charge is 0.425 e. The molecule has 2 aromatic rings. The molecule has 0 saturated heterocycles. The second kappa shape index (κ2) is 2.26. The SMILES string of the molecule is Cn1nc(C(F)F)c2ncoc21. The molecule has 2 heterocycles. The van der Waals surface area contributed by atoms with E-state index in [-0.39, 0.29) is 16.9 Å². The van der Waals surface area contributed by atoms with E-state index < -0.39 is 6.43 Å². The summed E-state index contributed by atoms with van der Waals surface area (Å²) in [5, 5.41) is 3.56. The minimum Gasteiger partial charge on any atom is -0.425 e. The molecule has 0 N–H and O–H groups in total. The fourth-order valence-corrected chi connectivity index (χ4v) is 1.05. The molecule has 64 valence electrons. The highest BCUT2D eigenvalue weighted by molar-refractivity contribution is 5.71. The first-order valence-corrected chi connectivity index (χ1v) is 3.24. The summed E-state index contributed by atoms with van der Waals surface area (Å²) in [4.78, 5) is 3.63. The monoisotopic (exact) mass is 173 g/mol. The molecule has 0 saturated carbocycles. The van der Waals surface area contributed by atoms with Crippen LogP contribution in [0.2, 0.25) is 0 Å². The van der Waals surface area contributed by atoms with E-state index in [1.807, 2.05) is 0 Å². The smallest absolute Gasteiger partial charge is 0.284 e. The van der Waals surface area contributed by atoms with Gasteiger partial charge in [-0.3, -0.25) is 0 Å². The molecule has 2 aromatic heterocycles. The van der Waals surface area contributed by atoms with Gasteiger partial charge in [0, 0.05) is 7.05 Å². The average Bonchev–Trinajstić information content (AvgIpc) is 2.53. The Kier molecular flexibility index (Phi) is 1.36. The van der Waals surface area contributed by atoms with Crippen molar-refractivity contribution >= 4 is 11.2 Å². The Balaban J connectivity index is 2.75. The van der Waals surface area contributed by atoms with E-state index in [2.05, 4.69) is 10.1 Å². The lowest BCUT2D eigenvalue weighted by atomic mass is 10.4. The van der Waals surface area contributed by atoms with Gasteiger partial charge in [0.1, 0.15) is 0 Å². The van der Waals surface area contributed by atoms with Gasteiger partial charge >= 0.3 is 0 Å². The van der Waals surface area contributed by atoms with Crippen molar-refractivity contribution < 1.29 is 13.2 Å². The minimum absolute atomic E-state index is 0.132. The average molecular weight is 173 g/mol. The number of hydrogen-bond donors (Lipinski definition) is 0. The number of aromatic nitrogens is 3. The van der Waals surface area contributed by atoms with E-state index in [4.69, 9.17) is 4.42 Å². The summed E-state index contributed by atoms with van der Waals surface area (Å²) in [6, 6.07) is 0. The zero-order valence-electron chi connectivity index (χ0n) is 6.16. The summed E-state index contributed by atoms with van der Waals surface area (Å²) >= 11 is 0. The summed E-state index contributed by atoms with van der Waals surface area (Å²) in [7, 11) is 1.53. The Labute approximate surface area is 65.8 Å². The van der Waals surface area contributed by atoms with Gasteiger partial charge in [-0.1, -0.05) is 0 Å². The lowest BCUT2D eigenvalue weighted by Crippen LogP contribution is -1.92. The maximum Gasteiger partial charge on any atom is 0.284 e. The number of halogens is 2. The van der Waals surface area contributed by atoms with Crippen molar-refractivity contribution in [3.05, 3.63) is 12.1 Å². The van der Waals surface area contributed by atoms with Crippen LogP contribution in [0.4, 0.5) is 8.78 Å². The van der Waals surface area contributed by atoms with Gasteiger partial charge in [0.2, 0.25) is 5.71 Å². The van der Waals surface area contributed by atoms with Crippen molar-refractivity contribution in [2.75, 3.05) is 0 Å². The van der Waals surface area contributed by atoms with Gasteiger partial charge in [0.15, 0.2) is 17.6 Å². The van der Waals surface area contributed by atoms with Crippen molar-refractivity contribution in [3.63, 3.8) is 0 Å². The molecule has 0 amide bonds. The molecule has 0 radical (unpaired) electrons. The molecular weight excluding hydrogens is 168 g/mol. The molecule has 0 bridgehead atoms. The van der Waals surface area contributed by atoms with Crippen LogP contribution in [0, 0.1) is 0 Å². The predicted molar refractivity (Wildman–Crippen MR) is 35.7 cm³/mol. The van der Waals surface area contributed by atoms with Crippen molar-refractivity contribution in [2.24, 2.45) is 7.05 Å². The number of oxazole rings is 1. The van der Waals surface area contributed by atoms with Crippen LogP contribution in [0.1, 0.15) is 12.1 Å². The number of fused-ring (bicyclic) bond motifs is 1. The molecule has 0 aromatic carbocycles. The topological polar surface area (TPSA) is 43.9 Å². The summed E-state index contributed by atoms with van der Waals surface area (Å²) in [6.07, 6.45) is -1.49. The van der Waals surface area contributed by atoms with Crippen molar-refractivity contribution in [2.45, 2.75) is 6.43 Å². The van der Waals surface area contributed by atoms with E-state index in [1.54, 1.807) is 0 Å². The molecule has 4 nitrogen and oxygen atoms in total. The molecule has 0 atom stereocenters. The first kappa shape index (κ1) is 7.20. The molecule has 6 heteroatoms. The first-order valence-electron chi connectivity index (χ1n) is 3.24. The fraction of sp³-hybridized carbons (Fsp3) is 0.333. The Hall–Kier alpha value is -1.46. The number of aryl methyl sites for hydroxylation is 1. The van der Waals surface area contributed by atoms with E-state index >= 15 is 0 Å². The van der Waals surface area contributed by atoms with Gasteiger partial charge in [-0.2, -0.15) is 5.10 Å². The molecule has 12 heavy (non-hydrogen) atoms. The summed E-state index contributed by atoms with van der Waals surface area (Å²) < 4.78 is 30.5. The molecule has 2 rings (SSSR count). The third-order valence-corrected chi connectivity index (χ3v) is 1.55. The lowest BCUT2D eigenvalue weighted by molar-refractivity contribution is 0.146. The van der Waals surface area contributed by atoms with Crippen LogP contribution in [0.15, 0.2) is 10.8 Å². The molecular formula is C6H5F2N3O. The fourth-order valence-electron chi connectivity index (χ4n) is 1.05. The van der Waals surface area contributed by atoms with Gasteiger partial charge in [0.25, 0.3) is 6.43 Å². The van der Waals surface area contributed by atoms with Crippen LogP contribution in [0.3, 0.4) is 0 Å². The zero-order chi connectivity index (χ0) is 8.72. The highest BCUT2D eigenvalue weighted by Gasteiger charge is 2.20. The Bertz CT molecular complexity index is 406. The quantitative estimate of drug-likeness (QED) is 0.656. The Morgan fingerprint density at radius 3 is 3.00 bits per heavy atom. The maximum absolute atomic E-state index is 12.2. The molecule has 0 aliphatic heterocycles. The molecule has 0 unspecified atom stereocenters. The normalized spacial score (nSPS) is 11.7. The van der Waals surface area contributed by atoms with Gasteiger partial charge in [-0.05, 0) is 0 Å². The number of alkyl halides is 2. The summed E-state index contributed by atoms with van der Waals surface area (Å²) in [6.45, 7) is 0. The number of rotatable bonds is 1. The summed E-state index contributed by atoms with van der Waals surface area (Å²) in [5.41, 5.74) is 0.0686. The van der Waals surface area contributed by atoms with E-state index in [1.165, 1.54) is 11.7 Å². The first-order chi connectivity index (χ1) is 5.70. The molecule has 0 aliphatic carbocycles. The van der Waals surface area contributed by atoms with Gasteiger partial charge in [0.05, 0.1) is 0 Å². The minimum atomic E-state index is -2.61. The highest BCUT2D eigenvalue weighted by Crippen LogP contribution is 2.24. The van der Waals surface area contributed by atoms with Crippen molar-refractivity contribution in [1.82, 2.24) is 14.8 Å². The second-order valence-corrected chi connectivity index (χ2v) is 2.32. The van der Waals surface area contributed by atoms with E-state index in [0.29, 0.717) is 0 Å². The third-order valence-electron chi connectivity index (χ3n) is 1.55. The van der Waals surface area contributed by atoms with Crippen LogP contribution >= 0.6 is 0 Å². The number of hydrogen-bond acceptors (Lipinski definition) is 3. The molecule has 0 spiro atoms. The third kappa shape index (κ3) is 0.806. The molecule has 0 aliphatic rings. The predicted octanol–water partition coefficient (Wildman–Crippen LogP) is 1.50. The van der Waals surface area contributed by atoms with Gasteiger partial charge in [-0.15, -0.1) is 0 Å². The standard InChI is InChI=1S/C6H5F2N3O/c1-11-6-4(9-2-12-6)3(10-11)5(7)8/h2,5H,1H3. The Morgan fingerprint density at radius 1 is 1.58 bits per heavy atom.